The van der Waals surface area contributed by atoms with E-state index in [4.69, 9.17) is 11.6 Å². The quantitative estimate of drug-likeness (QED) is 0.767. The minimum Gasteiger partial charge on any atom is -0.298 e. The van der Waals surface area contributed by atoms with E-state index >= 15 is 0 Å². The smallest absolute Gasteiger partial charge is 0.253 e. The van der Waals surface area contributed by atoms with Crippen molar-refractivity contribution in [3.05, 3.63) is 0 Å². The second-order valence-electron chi connectivity index (χ2n) is 5.29. The van der Waals surface area contributed by atoms with Crippen molar-refractivity contribution in [1.82, 2.24) is 5.32 Å². The molecule has 1 fully saturated rings. The second kappa shape index (κ2) is 4.96. The molecule has 1 aliphatic rings. The highest BCUT2D eigenvalue weighted by atomic mass is 35.5. The lowest BCUT2D eigenvalue weighted by molar-refractivity contribution is -0.129. The topological polar surface area (TPSA) is 29.1 Å². The summed E-state index contributed by atoms with van der Waals surface area (Å²) in [4.78, 5) is 12.0. The number of hydrogen-bond acceptors (Lipinski definition) is 2. The maximum absolute atomic E-state index is 12.6. The van der Waals surface area contributed by atoms with Crippen molar-refractivity contribution >= 4 is 17.4 Å². The van der Waals surface area contributed by atoms with Crippen molar-refractivity contribution in [3.8, 4) is 0 Å². The van der Waals surface area contributed by atoms with Gasteiger partial charge in [-0.3, -0.25) is 10.1 Å². The number of hydrogen-bond donors (Lipinski definition) is 1. The zero-order chi connectivity index (χ0) is 12.5. The van der Waals surface area contributed by atoms with Crippen LogP contribution in [-0.4, -0.2) is 29.7 Å². The van der Waals surface area contributed by atoms with Gasteiger partial charge in [-0.25, -0.2) is 8.78 Å². The molecule has 0 spiro atoms. The molecule has 0 amide bonds. The van der Waals surface area contributed by atoms with E-state index in [1.54, 1.807) is 20.8 Å². The van der Waals surface area contributed by atoms with Crippen LogP contribution in [-0.2, 0) is 4.79 Å². The van der Waals surface area contributed by atoms with Crippen LogP contribution in [0.4, 0.5) is 8.78 Å². The molecule has 0 bridgehead atoms. The first-order valence-corrected chi connectivity index (χ1v) is 5.89. The molecule has 0 aromatic rings. The van der Waals surface area contributed by atoms with E-state index in [-0.39, 0.29) is 11.2 Å². The van der Waals surface area contributed by atoms with E-state index < -0.39 is 23.9 Å². The largest absolute Gasteiger partial charge is 0.298 e. The molecule has 1 saturated heterocycles. The van der Waals surface area contributed by atoms with Crippen molar-refractivity contribution in [2.24, 2.45) is 5.41 Å². The van der Waals surface area contributed by atoms with Crippen LogP contribution in [0.15, 0.2) is 0 Å². The second-order valence-corrected chi connectivity index (χ2v) is 5.85. The van der Waals surface area contributed by atoms with Crippen LogP contribution >= 0.6 is 11.6 Å². The average molecular weight is 254 g/mol. The van der Waals surface area contributed by atoms with Gasteiger partial charge in [0, 0.05) is 5.41 Å². The van der Waals surface area contributed by atoms with Crippen molar-refractivity contribution < 1.29 is 13.6 Å². The fourth-order valence-electron chi connectivity index (χ4n) is 1.83. The van der Waals surface area contributed by atoms with E-state index in [1.807, 2.05) is 0 Å². The number of ketones is 1. The summed E-state index contributed by atoms with van der Waals surface area (Å²) in [5, 5.41) is 2.29. The molecule has 1 heterocycles. The molecule has 94 valence electrons. The summed E-state index contributed by atoms with van der Waals surface area (Å²) in [7, 11) is 0. The Labute approximate surface area is 99.7 Å². The van der Waals surface area contributed by atoms with Gasteiger partial charge in [0.15, 0.2) is 5.78 Å². The molecule has 3 unspecified atom stereocenters. The van der Waals surface area contributed by atoms with E-state index in [0.717, 1.165) is 0 Å². The van der Waals surface area contributed by atoms with Crippen molar-refractivity contribution in [2.45, 2.75) is 57.5 Å². The van der Waals surface area contributed by atoms with Gasteiger partial charge >= 0.3 is 0 Å². The lowest BCUT2D eigenvalue weighted by Gasteiger charge is -2.36. The van der Waals surface area contributed by atoms with Crippen molar-refractivity contribution in [2.75, 3.05) is 0 Å². The Morgan fingerprint density at radius 3 is 2.38 bits per heavy atom. The predicted octanol–water partition coefficient (Wildman–Crippen LogP) is 2.59. The number of alkyl halides is 3. The normalized spacial score (nSPS) is 31.8. The van der Waals surface area contributed by atoms with Crippen LogP contribution in [0.5, 0.6) is 0 Å². The Bertz CT molecular complexity index is 265. The monoisotopic (exact) mass is 253 g/mol. The first kappa shape index (κ1) is 13.8. The van der Waals surface area contributed by atoms with Crippen LogP contribution in [0, 0.1) is 5.41 Å². The van der Waals surface area contributed by atoms with Crippen LogP contribution in [0.2, 0.25) is 0 Å². The van der Waals surface area contributed by atoms with Gasteiger partial charge in [0.2, 0.25) is 0 Å². The minimum atomic E-state index is -2.44. The van der Waals surface area contributed by atoms with Crippen LogP contribution in [0.1, 0.15) is 33.6 Å². The van der Waals surface area contributed by atoms with Gasteiger partial charge in [0.05, 0.1) is 17.5 Å². The standard InChI is InChI=1S/C11H18ClF2NO/c1-11(2,3)9(16)8-6(12)4-5-7(15-8)10(13)14/h6-8,10,15H,4-5H2,1-3H3. The molecule has 3 atom stereocenters. The Kier molecular flexibility index (Phi) is 4.29. The maximum Gasteiger partial charge on any atom is 0.253 e. The SMILES string of the molecule is CC(C)(C)C(=O)C1NC(C(F)F)CCC1Cl. The fourth-order valence-corrected chi connectivity index (χ4v) is 2.14. The highest BCUT2D eigenvalue weighted by Crippen LogP contribution is 2.27. The summed E-state index contributed by atoms with van der Waals surface area (Å²) in [6, 6.07) is -1.57. The summed E-state index contributed by atoms with van der Waals surface area (Å²) in [5.41, 5.74) is -0.561. The zero-order valence-electron chi connectivity index (χ0n) is 9.77. The summed E-state index contributed by atoms with van der Waals surface area (Å²) >= 11 is 6.03. The first-order chi connectivity index (χ1) is 7.23. The Morgan fingerprint density at radius 1 is 1.38 bits per heavy atom. The Hall–Kier alpha value is -0.220. The lowest BCUT2D eigenvalue weighted by Crippen LogP contribution is -2.57. The molecular formula is C11H18ClF2NO. The highest BCUT2D eigenvalue weighted by Gasteiger charge is 2.40. The van der Waals surface area contributed by atoms with Gasteiger partial charge in [-0.05, 0) is 12.8 Å². The molecule has 0 aromatic carbocycles. The summed E-state index contributed by atoms with van der Waals surface area (Å²) in [6.45, 7) is 5.31. The maximum atomic E-state index is 12.6. The minimum absolute atomic E-state index is 0.0992. The fraction of sp³-hybridized carbons (Fsp3) is 0.909. The molecule has 1 N–H and O–H groups in total. The molecular weight excluding hydrogens is 236 g/mol. The van der Waals surface area contributed by atoms with Gasteiger partial charge in [-0.1, -0.05) is 20.8 Å². The predicted molar refractivity (Wildman–Crippen MR) is 60.1 cm³/mol. The summed E-state index contributed by atoms with van der Waals surface area (Å²) in [5.74, 6) is -0.0992. The van der Waals surface area contributed by atoms with Gasteiger partial charge in [-0.15, -0.1) is 11.6 Å². The van der Waals surface area contributed by atoms with Gasteiger partial charge in [0.25, 0.3) is 6.43 Å². The molecule has 5 heteroatoms. The summed E-state index contributed by atoms with van der Waals surface area (Å²) < 4.78 is 25.1. The van der Waals surface area contributed by atoms with E-state index in [1.165, 1.54) is 0 Å². The van der Waals surface area contributed by atoms with Crippen LogP contribution in [0.25, 0.3) is 0 Å². The van der Waals surface area contributed by atoms with E-state index in [9.17, 15) is 13.6 Å². The molecule has 2 nitrogen and oxygen atoms in total. The molecule has 16 heavy (non-hydrogen) atoms. The highest BCUT2D eigenvalue weighted by molar-refractivity contribution is 6.23. The van der Waals surface area contributed by atoms with Crippen LogP contribution < -0.4 is 5.32 Å². The average Bonchev–Trinajstić information content (AvgIpc) is 2.15. The van der Waals surface area contributed by atoms with Gasteiger partial charge in [-0.2, -0.15) is 0 Å². The number of rotatable bonds is 2. The molecule has 0 radical (unpaired) electrons. The lowest BCUT2D eigenvalue weighted by atomic mass is 9.82. The Balaban J connectivity index is 2.74. The molecule has 0 aromatic heterocycles. The number of nitrogens with one attached hydrogen (secondary N) is 1. The number of carbonyl (C=O) groups is 1. The van der Waals surface area contributed by atoms with Crippen molar-refractivity contribution in [3.63, 3.8) is 0 Å². The molecule has 0 saturated carbocycles. The third-order valence-electron chi connectivity index (χ3n) is 2.83. The molecule has 1 rings (SSSR count). The van der Waals surface area contributed by atoms with Gasteiger partial charge in [0.1, 0.15) is 0 Å². The molecule has 0 aliphatic carbocycles. The molecule has 1 aliphatic heterocycles. The van der Waals surface area contributed by atoms with E-state index in [0.29, 0.717) is 12.8 Å². The van der Waals surface area contributed by atoms with E-state index in [2.05, 4.69) is 5.32 Å². The van der Waals surface area contributed by atoms with Gasteiger partial charge < -0.3 is 0 Å². The number of halogens is 3. The zero-order valence-corrected chi connectivity index (χ0v) is 10.5. The van der Waals surface area contributed by atoms with Crippen molar-refractivity contribution in [1.29, 1.82) is 0 Å². The number of Topliss-reactive ketones (excluding diaryl/α,β-unsaturated/α-hetero) is 1. The third kappa shape index (κ3) is 3.14. The van der Waals surface area contributed by atoms with Crippen LogP contribution in [0.3, 0.4) is 0 Å². The summed E-state index contributed by atoms with van der Waals surface area (Å²) in [6.07, 6.45) is -1.67. The Morgan fingerprint density at radius 2 is 1.94 bits per heavy atom. The number of carbonyl (C=O) groups excluding carboxylic acids is 1. The number of piperidine rings is 1. The third-order valence-corrected chi connectivity index (χ3v) is 3.30. The first-order valence-electron chi connectivity index (χ1n) is 5.46.